The highest BCUT2D eigenvalue weighted by Crippen LogP contribution is 2.25. The van der Waals surface area contributed by atoms with E-state index >= 15 is 0 Å². The van der Waals surface area contributed by atoms with Gasteiger partial charge in [-0.3, -0.25) is 10.1 Å². The molecule has 4 nitrogen and oxygen atoms in total. The first-order chi connectivity index (χ1) is 9.35. The summed E-state index contributed by atoms with van der Waals surface area (Å²) in [5.74, 6) is 0.283. The molecule has 0 aliphatic carbocycles. The van der Waals surface area contributed by atoms with Crippen molar-refractivity contribution in [1.29, 1.82) is 0 Å². The molecule has 0 aromatic heterocycles. The molecule has 0 bridgehead atoms. The topological polar surface area (TPSA) is 35.6 Å². The summed E-state index contributed by atoms with van der Waals surface area (Å²) in [5, 5.41) is 3.54. The molecule has 1 N–H and O–H groups in total. The van der Waals surface area contributed by atoms with E-state index in [1.165, 1.54) is 0 Å². The molecule has 0 aromatic rings. The Bertz CT molecular complexity index is 319. The molecule has 1 saturated heterocycles. The maximum absolute atomic E-state index is 12.6. The van der Waals surface area contributed by atoms with Gasteiger partial charge in [0.2, 0.25) is 5.91 Å². The van der Waals surface area contributed by atoms with Gasteiger partial charge in [-0.1, -0.05) is 20.3 Å². The van der Waals surface area contributed by atoms with Crippen LogP contribution in [-0.4, -0.2) is 53.6 Å². The fourth-order valence-corrected chi connectivity index (χ4v) is 2.73. The van der Waals surface area contributed by atoms with Gasteiger partial charge in [-0.15, -0.1) is 0 Å². The van der Waals surface area contributed by atoms with Crippen molar-refractivity contribution in [3.05, 3.63) is 0 Å². The van der Waals surface area contributed by atoms with Gasteiger partial charge in [-0.05, 0) is 53.6 Å². The Morgan fingerprint density at radius 3 is 2.55 bits per heavy atom. The Labute approximate surface area is 124 Å². The van der Waals surface area contributed by atoms with Crippen LogP contribution >= 0.6 is 0 Å². The standard InChI is InChI=1S/C16H33N3O/c1-7-10-14-17-16(5,8-2)15(20)19(14)12-9-11-18(6)13(3)4/h13-14,17H,7-12H2,1-6H3. The van der Waals surface area contributed by atoms with E-state index in [0.29, 0.717) is 6.04 Å². The minimum atomic E-state index is -0.357. The Morgan fingerprint density at radius 2 is 2.05 bits per heavy atom. The molecule has 0 saturated carbocycles. The molecule has 0 spiro atoms. The molecule has 1 amide bonds. The largest absolute Gasteiger partial charge is 0.326 e. The number of nitrogens with zero attached hydrogens (tertiary/aromatic N) is 2. The van der Waals surface area contributed by atoms with Crippen LogP contribution in [0.5, 0.6) is 0 Å². The molecule has 1 fully saturated rings. The molecule has 1 aliphatic rings. The number of hydrogen-bond acceptors (Lipinski definition) is 3. The van der Waals surface area contributed by atoms with E-state index in [9.17, 15) is 4.79 Å². The van der Waals surface area contributed by atoms with Crippen LogP contribution in [0.2, 0.25) is 0 Å². The number of hydrogen-bond donors (Lipinski definition) is 1. The Kier molecular flexibility index (Phi) is 6.46. The van der Waals surface area contributed by atoms with Gasteiger partial charge in [0.05, 0.1) is 11.7 Å². The van der Waals surface area contributed by atoms with Crippen molar-refractivity contribution in [3.63, 3.8) is 0 Å². The van der Waals surface area contributed by atoms with Gasteiger partial charge in [0.15, 0.2) is 0 Å². The molecular formula is C16H33N3O. The SMILES string of the molecule is CCCC1NC(C)(CC)C(=O)N1CCCN(C)C(C)C. The van der Waals surface area contributed by atoms with Crippen LogP contribution in [-0.2, 0) is 4.79 Å². The summed E-state index contributed by atoms with van der Waals surface area (Å²) in [6.45, 7) is 12.6. The molecule has 2 atom stereocenters. The van der Waals surface area contributed by atoms with E-state index in [1.54, 1.807) is 0 Å². The average molecular weight is 283 g/mol. The van der Waals surface area contributed by atoms with Crippen LogP contribution in [0.3, 0.4) is 0 Å². The highest BCUT2D eigenvalue weighted by Gasteiger charge is 2.45. The second-order valence-corrected chi connectivity index (χ2v) is 6.56. The second kappa shape index (κ2) is 7.41. The van der Waals surface area contributed by atoms with Crippen LogP contribution in [0, 0.1) is 0 Å². The van der Waals surface area contributed by atoms with Crippen LogP contribution in [0.15, 0.2) is 0 Å². The van der Waals surface area contributed by atoms with Crippen molar-refractivity contribution in [2.45, 2.75) is 78.0 Å². The second-order valence-electron chi connectivity index (χ2n) is 6.56. The van der Waals surface area contributed by atoms with Crippen molar-refractivity contribution in [3.8, 4) is 0 Å². The fourth-order valence-electron chi connectivity index (χ4n) is 2.73. The quantitative estimate of drug-likeness (QED) is 0.743. The molecule has 4 heteroatoms. The zero-order valence-corrected chi connectivity index (χ0v) is 14.2. The molecule has 20 heavy (non-hydrogen) atoms. The van der Waals surface area contributed by atoms with E-state index < -0.39 is 0 Å². The Morgan fingerprint density at radius 1 is 1.40 bits per heavy atom. The summed E-state index contributed by atoms with van der Waals surface area (Å²) in [6, 6.07) is 0.565. The fraction of sp³-hybridized carbons (Fsp3) is 0.938. The lowest BCUT2D eigenvalue weighted by molar-refractivity contribution is -0.133. The van der Waals surface area contributed by atoms with E-state index in [0.717, 1.165) is 38.8 Å². The molecule has 1 heterocycles. The van der Waals surface area contributed by atoms with Gasteiger partial charge in [-0.25, -0.2) is 0 Å². The van der Waals surface area contributed by atoms with E-state index in [1.807, 2.05) is 6.92 Å². The smallest absolute Gasteiger partial charge is 0.243 e. The Hall–Kier alpha value is -0.610. The van der Waals surface area contributed by atoms with Crippen LogP contribution < -0.4 is 5.32 Å². The first-order valence-electron chi connectivity index (χ1n) is 8.14. The zero-order chi connectivity index (χ0) is 15.3. The van der Waals surface area contributed by atoms with Gasteiger partial charge in [0.25, 0.3) is 0 Å². The predicted molar refractivity (Wildman–Crippen MR) is 84.6 cm³/mol. The van der Waals surface area contributed by atoms with Crippen molar-refractivity contribution >= 4 is 5.91 Å². The van der Waals surface area contributed by atoms with Crippen molar-refractivity contribution in [2.24, 2.45) is 0 Å². The third-order valence-corrected chi connectivity index (χ3v) is 4.65. The third-order valence-electron chi connectivity index (χ3n) is 4.65. The van der Waals surface area contributed by atoms with E-state index in [2.05, 4.69) is 49.9 Å². The first-order valence-corrected chi connectivity index (χ1v) is 8.14. The lowest BCUT2D eigenvalue weighted by Gasteiger charge is -2.26. The summed E-state index contributed by atoms with van der Waals surface area (Å²) in [6.07, 6.45) is 4.27. The number of rotatable bonds is 8. The van der Waals surface area contributed by atoms with Gasteiger partial charge < -0.3 is 9.80 Å². The monoisotopic (exact) mass is 283 g/mol. The van der Waals surface area contributed by atoms with Crippen LogP contribution in [0.1, 0.15) is 60.3 Å². The molecule has 118 valence electrons. The van der Waals surface area contributed by atoms with Gasteiger partial charge in [0.1, 0.15) is 0 Å². The lowest BCUT2D eigenvalue weighted by atomic mass is 9.99. The minimum absolute atomic E-state index is 0.224. The van der Waals surface area contributed by atoms with Crippen LogP contribution in [0.25, 0.3) is 0 Å². The molecule has 0 aromatic carbocycles. The molecular weight excluding hydrogens is 250 g/mol. The maximum atomic E-state index is 12.6. The first kappa shape index (κ1) is 17.4. The Balaban J connectivity index is 2.58. The molecule has 1 rings (SSSR count). The lowest BCUT2D eigenvalue weighted by Crippen LogP contribution is -2.43. The van der Waals surface area contributed by atoms with E-state index in [4.69, 9.17) is 0 Å². The highest BCUT2D eigenvalue weighted by atomic mass is 16.2. The van der Waals surface area contributed by atoms with Crippen LogP contribution in [0.4, 0.5) is 0 Å². The number of carbonyl (C=O) groups excluding carboxylic acids is 1. The molecule has 2 unspecified atom stereocenters. The third kappa shape index (κ3) is 3.95. The highest BCUT2D eigenvalue weighted by molar-refractivity contribution is 5.88. The average Bonchev–Trinajstić information content (AvgIpc) is 2.64. The van der Waals surface area contributed by atoms with Crippen molar-refractivity contribution in [2.75, 3.05) is 20.1 Å². The number of nitrogens with one attached hydrogen (secondary N) is 1. The predicted octanol–water partition coefficient (Wildman–Crippen LogP) is 2.44. The normalized spacial score (nSPS) is 27.1. The maximum Gasteiger partial charge on any atom is 0.243 e. The minimum Gasteiger partial charge on any atom is -0.326 e. The zero-order valence-electron chi connectivity index (χ0n) is 14.2. The summed E-state index contributed by atoms with van der Waals surface area (Å²) < 4.78 is 0. The van der Waals surface area contributed by atoms with Crippen molar-refractivity contribution < 1.29 is 4.79 Å². The number of carbonyl (C=O) groups is 1. The van der Waals surface area contributed by atoms with Gasteiger partial charge >= 0.3 is 0 Å². The summed E-state index contributed by atoms with van der Waals surface area (Å²) >= 11 is 0. The number of amides is 1. The summed E-state index contributed by atoms with van der Waals surface area (Å²) in [5.41, 5.74) is -0.357. The van der Waals surface area contributed by atoms with Gasteiger partial charge in [0, 0.05) is 12.6 Å². The molecule has 1 aliphatic heterocycles. The van der Waals surface area contributed by atoms with Gasteiger partial charge in [-0.2, -0.15) is 0 Å². The van der Waals surface area contributed by atoms with Crippen molar-refractivity contribution in [1.82, 2.24) is 15.1 Å². The van der Waals surface area contributed by atoms with E-state index in [-0.39, 0.29) is 17.6 Å². The molecule has 0 radical (unpaired) electrons. The summed E-state index contributed by atoms with van der Waals surface area (Å²) in [4.78, 5) is 17.0. The summed E-state index contributed by atoms with van der Waals surface area (Å²) in [7, 11) is 2.15.